The molecule has 1 rings (SSSR count). The van der Waals surface area contributed by atoms with Crippen molar-refractivity contribution < 1.29 is 13.9 Å². The van der Waals surface area contributed by atoms with E-state index in [1.807, 2.05) is 0 Å². The van der Waals surface area contributed by atoms with Crippen LogP contribution in [0.3, 0.4) is 0 Å². The number of halogens is 1. The predicted molar refractivity (Wildman–Crippen MR) is 50.2 cm³/mol. The number of aromatic nitrogens is 1. The standard InChI is InChI=1S/C10H10FNO2/c1-6(2)7-4-5-8(10(13)14-3)12-9(7)11/h4-5H,1H2,2-3H3. The summed E-state index contributed by atoms with van der Waals surface area (Å²) in [7, 11) is 1.22. The van der Waals surface area contributed by atoms with E-state index in [1.165, 1.54) is 19.2 Å². The maximum atomic E-state index is 13.2. The van der Waals surface area contributed by atoms with E-state index in [-0.39, 0.29) is 5.69 Å². The van der Waals surface area contributed by atoms with Gasteiger partial charge in [-0.15, -0.1) is 0 Å². The Bertz CT molecular complexity index is 388. The van der Waals surface area contributed by atoms with Gasteiger partial charge in [-0.2, -0.15) is 4.39 Å². The second-order valence-electron chi connectivity index (χ2n) is 2.81. The first-order chi connectivity index (χ1) is 6.56. The molecule has 0 aliphatic heterocycles. The van der Waals surface area contributed by atoms with Crippen LogP contribution in [0.1, 0.15) is 23.0 Å². The lowest BCUT2D eigenvalue weighted by Gasteiger charge is -2.02. The number of rotatable bonds is 2. The summed E-state index contributed by atoms with van der Waals surface area (Å²) in [5.74, 6) is -1.36. The number of carbonyl (C=O) groups is 1. The van der Waals surface area contributed by atoms with Crippen LogP contribution in [0.25, 0.3) is 5.57 Å². The molecule has 0 spiro atoms. The van der Waals surface area contributed by atoms with E-state index in [0.29, 0.717) is 11.1 Å². The second-order valence-corrected chi connectivity index (χ2v) is 2.81. The van der Waals surface area contributed by atoms with Crippen LogP contribution in [0.2, 0.25) is 0 Å². The summed E-state index contributed by atoms with van der Waals surface area (Å²) < 4.78 is 17.6. The first-order valence-electron chi connectivity index (χ1n) is 3.97. The molecule has 0 fully saturated rings. The molecule has 4 heteroatoms. The van der Waals surface area contributed by atoms with Crippen molar-refractivity contribution >= 4 is 11.5 Å². The second kappa shape index (κ2) is 4.00. The third kappa shape index (κ3) is 1.96. The van der Waals surface area contributed by atoms with E-state index in [0.717, 1.165) is 0 Å². The van der Waals surface area contributed by atoms with Gasteiger partial charge in [0.25, 0.3) is 0 Å². The molecule has 1 heterocycles. The Morgan fingerprint density at radius 3 is 2.64 bits per heavy atom. The molecule has 0 bridgehead atoms. The fourth-order valence-corrected chi connectivity index (χ4v) is 0.971. The number of pyridine rings is 1. The van der Waals surface area contributed by atoms with Crippen LogP contribution in [-0.2, 0) is 4.74 Å². The maximum Gasteiger partial charge on any atom is 0.356 e. The predicted octanol–water partition coefficient (Wildman–Crippen LogP) is 2.04. The Hall–Kier alpha value is -1.71. The molecular formula is C10H10FNO2. The number of hydrogen-bond donors (Lipinski definition) is 0. The topological polar surface area (TPSA) is 39.2 Å². The van der Waals surface area contributed by atoms with Crippen LogP contribution >= 0.6 is 0 Å². The molecule has 0 radical (unpaired) electrons. The minimum absolute atomic E-state index is 0.0463. The van der Waals surface area contributed by atoms with Gasteiger partial charge in [0.2, 0.25) is 5.95 Å². The largest absolute Gasteiger partial charge is 0.464 e. The van der Waals surface area contributed by atoms with E-state index in [1.54, 1.807) is 6.92 Å². The van der Waals surface area contributed by atoms with Crippen LogP contribution in [0.15, 0.2) is 18.7 Å². The molecule has 0 unspecified atom stereocenters. The van der Waals surface area contributed by atoms with Gasteiger partial charge in [0.05, 0.1) is 7.11 Å². The van der Waals surface area contributed by atoms with Gasteiger partial charge < -0.3 is 4.74 Å². The van der Waals surface area contributed by atoms with Crippen LogP contribution in [0.5, 0.6) is 0 Å². The Labute approximate surface area is 81.2 Å². The normalized spacial score (nSPS) is 9.64. The molecule has 1 aromatic rings. The molecular weight excluding hydrogens is 185 g/mol. The summed E-state index contributed by atoms with van der Waals surface area (Å²) in [5, 5.41) is 0. The van der Waals surface area contributed by atoms with Gasteiger partial charge in [0.1, 0.15) is 0 Å². The molecule has 0 aliphatic rings. The van der Waals surface area contributed by atoms with Crippen molar-refractivity contribution in [2.24, 2.45) is 0 Å². The first kappa shape index (κ1) is 10.4. The summed E-state index contributed by atoms with van der Waals surface area (Å²) in [6.07, 6.45) is 0. The molecule has 0 saturated carbocycles. The highest BCUT2D eigenvalue weighted by Crippen LogP contribution is 2.14. The Kier molecular flexibility index (Phi) is 2.96. The SMILES string of the molecule is C=C(C)c1ccc(C(=O)OC)nc1F. The van der Waals surface area contributed by atoms with Crippen molar-refractivity contribution in [2.75, 3.05) is 7.11 Å². The molecule has 3 nitrogen and oxygen atoms in total. The van der Waals surface area contributed by atoms with Crippen molar-refractivity contribution in [3.63, 3.8) is 0 Å². The number of ether oxygens (including phenoxy) is 1. The van der Waals surface area contributed by atoms with Gasteiger partial charge in [-0.3, -0.25) is 0 Å². The van der Waals surface area contributed by atoms with Crippen molar-refractivity contribution in [3.05, 3.63) is 35.9 Å². The van der Waals surface area contributed by atoms with E-state index in [9.17, 15) is 9.18 Å². The monoisotopic (exact) mass is 195 g/mol. The van der Waals surface area contributed by atoms with E-state index in [4.69, 9.17) is 0 Å². The van der Waals surface area contributed by atoms with Crippen LogP contribution in [0, 0.1) is 5.95 Å². The average molecular weight is 195 g/mol. The summed E-state index contributed by atoms with van der Waals surface area (Å²) in [6, 6.07) is 2.86. The molecule has 0 atom stereocenters. The first-order valence-corrected chi connectivity index (χ1v) is 3.97. The lowest BCUT2D eigenvalue weighted by Crippen LogP contribution is -2.06. The Balaban J connectivity index is 3.12. The molecule has 0 N–H and O–H groups in total. The van der Waals surface area contributed by atoms with Crippen LogP contribution in [0.4, 0.5) is 4.39 Å². The zero-order chi connectivity index (χ0) is 10.7. The lowest BCUT2D eigenvalue weighted by molar-refractivity contribution is 0.0592. The van der Waals surface area contributed by atoms with Crippen molar-refractivity contribution in [1.29, 1.82) is 0 Å². The minimum Gasteiger partial charge on any atom is -0.464 e. The number of carbonyl (C=O) groups excluding carboxylic acids is 1. The number of methoxy groups -OCH3 is 1. The molecule has 0 aliphatic carbocycles. The molecule has 0 saturated heterocycles. The maximum absolute atomic E-state index is 13.2. The number of esters is 1. The van der Waals surface area contributed by atoms with Crippen molar-refractivity contribution in [1.82, 2.24) is 4.98 Å². The van der Waals surface area contributed by atoms with Gasteiger partial charge in [-0.1, -0.05) is 6.58 Å². The number of hydrogen-bond acceptors (Lipinski definition) is 3. The quantitative estimate of drug-likeness (QED) is 0.535. The molecule has 1 aromatic heterocycles. The third-order valence-electron chi connectivity index (χ3n) is 1.70. The highest BCUT2D eigenvalue weighted by Gasteiger charge is 2.11. The molecule has 74 valence electrons. The fourth-order valence-electron chi connectivity index (χ4n) is 0.971. The molecule has 0 aromatic carbocycles. The summed E-state index contributed by atoms with van der Waals surface area (Å²) >= 11 is 0. The summed E-state index contributed by atoms with van der Waals surface area (Å²) in [6.45, 7) is 5.25. The molecule has 14 heavy (non-hydrogen) atoms. The van der Waals surface area contributed by atoms with E-state index < -0.39 is 11.9 Å². The van der Waals surface area contributed by atoms with Gasteiger partial charge in [0.15, 0.2) is 5.69 Å². The van der Waals surface area contributed by atoms with E-state index >= 15 is 0 Å². The van der Waals surface area contributed by atoms with Gasteiger partial charge in [-0.05, 0) is 24.6 Å². The summed E-state index contributed by atoms with van der Waals surface area (Å²) in [5.41, 5.74) is 0.819. The summed E-state index contributed by atoms with van der Waals surface area (Å²) in [4.78, 5) is 14.4. The third-order valence-corrected chi connectivity index (χ3v) is 1.70. The highest BCUT2D eigenvalue weighted by atomic mass is 19.1. The van der Waals surface area contributed by atoms with Gasteiger partial charge in [0, 0.05) is 5.56 Å². The van der Waals surface area contributed by atoms with Crippen LogP contribution in [-0.4, -0.2) is 18.1 Å². The minimum atomic E-state index is -0.708. The van der Waals surface area contributed by atoms with Crippen molar-refractivity contribution in [3.8, 4) is 0 Å². The molecule has 0 amide bonds. The number of nitrogens with zero attached hydrogens (tertiary/aromatic N) is 1. The Morgan fingerprint density at radius 1 is 1.57 bits per heavy atom. The number of allylic oxidation sites excluding steroid dienone is 1. The van der Waals surface area contributed by atoms with E-state index in [2.05, 4.69) is 16.3 Å². The smallest absolute Gasteiger partial charge is 0.356 e. The van der Waals surface area contributed by atoms with Crippen LogP contribution < -0.4 is 0 Å². The zero-order valence-electron chi connectivity index (χ0n) is 8.00. The van der Waals surface area contributed by atoms with Crippen molar-refractivity contribution in [2.45, 2.75) is 6.92 Å². The van der Waals surface area contributed by atoms with Gasteiger partial charge in [-0.25, -0.2) is 9.78 Å². The average Bonchev–Trinajstić information content (AvgIpc) is 2.15. The van der Waals surface area contributed by atoms with Gasteiger partial charge >= 0.3 is 5.97 Å². The fraction of sp³-hybridized carbons (Fsp3) is 0.200. The Morgan fingerprint density at radius 2 is 2.21 bits per heavy atom. The lowest BCUT2D eigenvalue weighted by atomic mass is 10.1. The highest BCUT2D eigenvalue weighted by molar-refractivity contribution is 5.87. The zero-order valence-corrected chi connectivity index (χ0v) is 8.00.